The molecule has 2 fully saturated rings. The molecule has 0 bridgehead atoms. The summed E-state index contributed by atoms with van der Waals surface area (Å²) in [4.78, 5) is 91.1. The van der Waals surface area contributed by atoms with Crippen molar-refractivity contribution in [3.63, 3.8) is 0 Å². The summed E-state index contributed by atoms with van der Waals surface area (Å²) >= 11 is 0. The summed E-state index contributed by atoms with van der Waals surface area (Å²) in [7, 11) is 0. The molecule has 2 aliphatic rings. The molecule has 4 amide bonds. The fourth-order valence-corrected chi connectivity index (χ4v) is 5.46. The number of nitrogens with zero attached hydrogens (tertiary/aromatic N) is 4. The predicted molar refractivity (Wildman–Crippen MR) is 172 cm³/mol. The first-order valence-electron chi connectivity index (χ1n) is 16.5. The van der Waals surface area contributed by atoms with E-state index in [-0.39, 0.29) is 96.6 Å². The molecule has 272 valence electrons. The van der Waals surface area contributed by atoms with E-state index in [0.717, 1.165) is 19.3 Å². The van der Waals surface area contributed by atoms with Gasteiger partial charge < -0.3 is 36.6 Å². The maximum Gasteiger partial charge on any atom is 0.317 e. The molecule has 18 heteroatoms. The molecule has 2 rings (SSSR count). The molecule has 2 atom stereocenters. The molecule has 2 heterocycles. The molecule has 0 aromatic heterocycles. The second-order valence-corrected chi connectivity index (χ2v) is 12.2. The summed E-state index contributed by atoms with van der Waals surface area (Å²) in [5.74, 6) is -4.57. The number of carboxylic acids is 3. The fourth-order valence-electron chi connectivity index (χ4n) is 5.46. The monoisotopic (exact) mass is 684 g/mol. The Morgan fingerprint density at radius 1 is 0.604 bits per heavy atom. The van der Waals surface area contributed by atoms with Gasteiger partial charge in [0.1, 0.15) is 12.1 Å². The predicted octanol–water partition coefficient (Wildman–Crippen LogP) is -2.96. The molecule has 18 nitrogen and oxygen atoms in total. The molecule has 0 radical (unpaired) electrons. The van der Waals surface area contributed by atoms with Crippen LogP contribution in [0, 0.1) is 0 Å². The number of unbranched alkanes of at least 4 members (excludes halogenated alkanes) is 2. The van der Waals surface area contributed by atoms with Crippen molar-refractivity contribution >= 4 is 41.5 Å². The highest BCUT2D eigenvalue weighted by atomic mass is 16.4. The van der Waals surface area contributed by atoms with Crippen molar-refractivity contribution in [2.24, 2.45) is 0 Å². The number of piperazine rings is 1. The Balaban J connectivity index is 1.87. The summed E-state index contributed by atoms with van der Waals surface area (Å²) < 4.78 is 0. The maximum atomic E-state index is 12.9. The van der Waals surface area contributed by atoms with E-state index in [0.29, 0.717) is 26.1 Å². The van der Waals surface area contributed by atoms with E-state index in [1.54, 1.807) is 14.7 Å². The molecule has 0 saturated carbocycles. The average Bonchev–Trinajstić information content (AvgIpc) is 3.00. The third kappa shape index (κ3) is 16.8. The first kappa shape index (κ1) is 40.3. The molecule has 2 saturated heterocycles. The smallest absolute Gasteiger partial charge is 0.317 e. The quantitative estimate of drug-likeness (QED) is 0.0714. The number of carboxylic acid groups (broad SMARTS) is 3. The molecule has 2 aliphatic heterocycles. The second-order valence-electron chi connectivity index (χ2n) is 12.2. The SMILES string of the molecule is CCCCCNC(=O)C[C@H]1NC(=O)[C@@H](CCCNC(=O)CN2CCN(CC(=O)O)CCN(CC(=O)O)CCN(CC(=O)O)CC2)NC1=O. The Morgan fingerprint density at radius 2 is 1.00 bits per heavy atom. The van der Waals surface area contributed by atoms with E-state index in [1.807, 2.05) is 4.90 Å². The van der Waals surface area contributed by atoms with Gasteiger partial charge in [0.15, 0.2) is 0 Å². The zero-order valence-electron chi connectivity index (χ0n) is 27.8. The number of hydrogen-bond acceptors (Lipinski definition) is 11. The van der Waals surface area contributed by atoms with Crippen LogP contribution < -0.4 is 21.3 Å². The van der Waals surface area contributed by atoms with Crippen molar-refractivity contribution in [1.29, 1.82) is 0 Å². The number of rotatable bonds is 18. The van der Waals surface area contributed by atoms with Crippen LogP contribution in [0.5, 0.6) is 0 Å². The van der Waals surface area contributed by atoms with Crippen LogP contribution in [0.1, 0.15) is 45.4 Å². The van der Waals surface area contributed by atoms with Crippen molar-refractivity contribution in [2.75, 3.05) is 91.6 Å². The van der Waals surface area contributed by atoms with Crippen molar-refractivity contribution in [3.8, 4) is 0 Å². The fraction of sp³-hybridized carbons (Fsp3) is 0.767. The number of nitrogens with one attached hydrogen (secondary N) is 4. The van der Waals surface area contributed by atoms with Gasteiger partial charge in [0.25, 0.3) is 0 Å². The Labute approximate surface area is 280 Å². The highest BCUT2D eigenvalue weighted by Gasteiger charge is 2.34. The molecule has 0 aromatic rings. The molecule has 0 spiro atoms. The minimum atomic E-state index is -1.04. The summed E-state index contributed by atoms with van der Waals surface area (Å²) in [5, 5.41) is 38.9. The lowest BCUT2D eigenvalue weighted by molar-refractivity contribution is -0.140. The summed E-state index contributed by atoms with van der Waals surface area (Å²) in [6.45, 7) is 4.29. The first-order chi connectivity index (χ1) is 22.9. The van der Waals surface area contributed by atoms with Crippen LogP contribution in [0.3, 0.4) is 0 Å². The van der Waals surface area contributed by atoms with Gasteiger partial charge in [-0.1, -0.05) is 19.8 Å². The van der Waals surface area contributed by atoms with Crippen molar-refractivity contribution in [1.82, 2.24) is 40.9 Å². The minimum Gasteiger partial charge on any atom is -0.480 e. The number of carbonyl (C=O) groups excluding carboxylic acids is 4. The summed E-state index contributed by atoms with van der Waals surface area (Å²) in [5.41, 5.74) is 0. The molecular weight excluding hydrogens is 632 g/mol. The standard InChI is InChI=1S/C30H52N8O10/c1-2-3-4-7-31-24(39)17-23-30(48)33-22(29(47)34-23)6-5-8-32-25(40)18-35-9-11-36(19-26(41)42)13-15-38(21-28(45)46)16-14-37(12-10-35)20-27(43)44/h22-23H,2-21H2,1H3,(H,31,39)(H,32,40)(H,33,48)(H,34,47)(H,41,42)(H,43,44)(H,45,46)/t22-,23-/m1/s1. The van der Waals surface area contributed by atoms with Crippen molar-refractivity contribution in [3.05, 3.63) is 0 Å². The van der Waals surface area contributed by atoms with Gasteiger partial charge in [-0.25, -0.2) is 0 Å². The van der Waals surface area contributed by atoms with Crippen molar-refractivity contribution < 1.29 is 48.9 Å². The molecule has 7 N–H and O–H groups in total. The molecule has 0 aromatic carbocycles. The van der Waals surface area contributed by atoms with Crippen LogP contribution in [0.25, 0.3) is 0 Å². The van der Waals surface area contributed by atoms with Gasteiger partial charge in [-0.2, -0.15) is 0 Å². The van der Waals surface area contributed by atoms with Crippen LogP contribution in [-0.2, 0) is 33.6 Å². The van der Waals surface area contributed by atoms with Crippen LogP contribution >= 0.6 is 0 Å². The molecule has 48 heavy (non-hydrogen) atoms. The van der Waals surface area contributed by atoms with E-state index in [9.17, 15) is 48.9 Å². The first-order valence-corrected chi connectivity index (χ1v) is 16.5. The zero-order valence-corrected chi connectivity index (χ0v) is 27.8. The van der Waals surface area contributed by atoms with Gasteiger partial charge >= 0.3 is 17.9 Å². The third-order valence-corrected chi connectivity index (χ3v) is 8.12. The number of hydrogen-bond donors (Lipinski definition) is 7. The lowest BCUT2D eigenvalue weighted by Gasteiger charge is -2.32. The van der Waals surface area contributed by atoms with Gasteiger partial charge in [0.2, 0.25) is 23.6 Å². The molecule has 0 aliphatic carbocycles. The Hall–Kier alpha value is -3.87. The van der Waals surface area contributed by atoms with E-state index < -0.39 is 41.8 Å². The maximum absolute atomic E-state index is 12.9. The largest absolute Gasteiger partial charge is 0.480 e. The van der Waals surface area contributed by atoms with Crippen molar-refractivity contribution in [2.45, 2.75) is 57.5 Å². The normalized spacial score (nSPS) is 20.9. The third-order valence-electron chi connectivity index (χ3n) is 8.12. The van der Waals surface area contributed by atoms with Crippen LogP contribution in [-0.4, -0.2) is 180 Å². The summed E-state index contributed by atoms with van der Waals surface area (Å²) in [6.07, 6.45) is 3.36. The number of carbonyl (C=O) groups is 7. The summed E-state index contributed by atoms with van der Waals surface area (Å²) in [6, 6.07) is -1.73. The Kier molecular flexibility index (Phi) is 18.4. The molecular formula is C30H52N8O10. The Morgan fingerprint density at radius 3 is 1.46 bits per heavy atom. The van der Waals surface area contributed by atoms with Gasteiger partial charge in [-0.05, 0) is 19.3 Å². The van der Waals surface area contributed by atoms with E-state index in [2.05, 4.69) is 28.2 Å². The second kappa shape index (κ2) is 21.9. The Bertz CT molecular complexity index is 1080. The highest BCUT2D eigenvalue weighted by Crippen LogP contribution is 2.07. The van der Waals surface area contributed by atoms with Gasteiger partial charge in [0.05, 0.1) is 32.6 Å². The van der Waals surface area contributed by atoms with Gasteiger partial charge in [-0.3, -0.25) is 53.2 Å². The van der Waals surface area contributed by atoms with E-state index in [4.69, 9.17) is 0 Å². The zero-order chi connectivity index (χ0) is 35.5. The van der Waals surface area contributed by atoms with Crippen LogP contribution in [0.2, 0.25) is 0 Å². The van der Waals surface area contributed by atoms with E-state index >= 15 is 0 Å². The lowest BCUT2D eigenvalue weighted by atomic mass is 10.0. The van der Waals surface area contributed by atoms with Crippen LogP contribution in [0.4, 0.5) is 0 Å². The minimum absolute atomic E-state index is 0.0319. The van der Waals surface area contributed by atoms with E-state index in [1.165, 1.54) is 0 Å². The topological polar surface area (TPSA) is 241 Å². The molecule has 0 unspecified atom stereocenters. The average molecular weight is 685 g/mol. The van der Waals surface area contributed by atoms with Gasteiger partial charge in [-0.15, -0.1) is 0 Å². The van der Waals surface area contributed by atoms with Gasteiger partial charge in [0, 0.05) is 65.4 Å². The number of amides is 4. The lowest BCUT2D eigenvalue weighted by Crippen LogP contribution is -2.62. The highest BCUT2D eigenvalue weighted by molar-refractivity contribution is 5.99. The van der Waals surface area contributed by atoms with Crippen LogP contribution in [0.15, 0.2) is 0 Å². The number of aliphatic carboxylic acids is 3.